The summed E-state index contributed by atoms with van der Waals surface area (Å²) < 4.78 is 0. The summed E-state index contributed by atoms with van der Waals surface area (Å²) in [6.07, 6.45) is 34.4. The monoisotopic (exact) mass is 753 g/mol. The van der Waals surface area contributed by atoms with Gasteiger partial charge in [-0.15, -0.1) is 0 Å². The van der Waals surface area contributed by atoms with Crippen molar-refractivity contribution in [3.05, 3.63) is 214 Å². The van der Waals surface area contributed by atoms with Gasteiger partial charge in [0.05, 0.1) is 23.1 Å². The SMILES string of the molecule is C1=CCCC(C2NC(c3ccc(N4C5=C(C=CCC5)C5CC6CC=CC=C6C(N6c7c(ccc8ccccc78)C7C=CC=CC76)=C54)cc3)=NC(c3ccccc3)N2)=C1. The Kier molecular flexibility index (Phi) is 8.04. The van der Waals surface area contributed by atoms with Gasteiger partial charge in [-0.05, 0) is 102 Å². The van der Waals surface area contributed by atoms with Crippen LogP contribution in [0, 0.1) is 11.8 Å². The molecule has 5 heteroatoms. The van der Waals surface area contributed by atoms with E-state index in [1.165, 1.54) is 67.1 Å². The number of hydrogen-bond acceptors (Lipinski definition) is 5. The van der Waals surface area contributed by atoms with Crippen molar-refractivity contribution in [2.75, 3.05) is 9.80 Å². The molecule has 5 aliphatic carbocycles. The van der Waals surface area contributed by atoms with E-state index in [4.69, 9.17) is 4.99 Å². The Morgan fingerprint density at radius 2 is 1.59 bits per heavy atom. The van der Waals surface area contributed by atoms with E-state index >= 15 is 0 Å². The molecule has 2 N–H and O–H groups in total. The highest BCUT2D eigenvalue weighted by molar-refractivity contribution is 6.01. The lowest BCUT2D eigenvalue weighted by atomic mass is 9.73. The minimum absolute atomic E-state index is 0.0102. The van der Waals surface area contributed by atoms with Crippen molar-refractivity contribution < 1.29 is 0 Å². The lowest BCUT2D eigenvalue weighted by Gasteiger charge is -2.43. The van der Waals surface area contributed by atoms with Gasteiger partial charge in [0.25, 0.3) is 0 Å². The Morgan fingerprint density at radius 3 is 2.48 bits per heavy atom. The van der Waals surface area contributed by atoms with Gasteiger partial charge in [-0.3, -0.25) is 5.32 Å². The van der Waals surface area contributed by atoms with Crippen LogP contribution >= 0.6 is 0 Å². The van der Waals surface area contributed by atoms with Crippen molar-refractivity contribution in [1.29, 1.82) is 0 Å². The number of nitrogens with one attached hydrogen (secondary N) is 2. The number of rotatable bonds is 5. The summed E-state index contributed by atoms with van der Waals surface area (Å²) in [7, 11) is 0. The Bertz CT molecular complexity index is 2660. The summed E-state index contributed by atoms with van der Waals surface area (Å²) in [6, 6.07) is 33.9. The first-order valence-corrected chi connectivity index (χ1v) is 21.4. The third kappa shape index (κ3) is 5.36. The van der Waals surface area contributed by atoms with Gasteiger partial charge < -0.3 is 15.1 Å². The third-order valence-corrected chi connectivity index (χ3v) is 13.7. The second-order valence-corrected chi connectivity index (χ2v) is 16.9. The summed E-state index contributed by atoms with van der Waals surface area (Å²) in [6.45, 7) is 0. The molecular weight excluding hydrogens is 707 g/mol. The molecule has 58 heavy (non-hydrogen) atoms. The van der Waals surface area contributed by atoms with E-state index in [0.29, 0.717) is 17.8 Å². The van der Waals surface area contributed by atoms with Crippen LogP contribution in [0.3, 0.4) is 0 Å². The van der Waals surface area contributed by atoms with Crippen LogP contribution in [0.2, 0.25) is 0 Å². The van der Waals surface area contributed by atoms with Crippen LogP contribution in [-0.2, 0) is 0 Å². The predicted molar refractivity (Wildman–Crippen MR) is 238 cm³/mol. The molecule has 12 rings (SSSR count). The molecular formula is C53H47N5. The quantitative estimate of drug-likeness (QED) is 0.213. The van der Waals surface area contributed by atoms with E-state index < -0.39 is 0 Å². The number of anilines is 2. The first kappa shape index (κ1) is 33.9. The Hall–Kier alpha value is -6.17. The molecule has 284 valence electrons. The van der Waals surface area contributed by atoms with E-state index in [0.717, 1.165) is 49.9 Å². The zero-order chi connectivity index (χ0) is 38.2. The molecule has 0 radical (unpaired) electrons. The molecule has 0 aromatic heterocycles. The molecule has 0 saturated heterocycles. The van der Waals surface area contributed by atoms with Crippen molar-refractivity contribution in [3.63, 3.8) is 0 Å². The van der Waals surface area contributed by atoms with E-state index in [1.54, 1.807) is 0 Å². The smallest absolute Gasteiger partial charge is 0.131 e. The first-order chi connectivity index (χ1) is 28.8. The maximum atomic E-state index is 5.30. The molecule has 0 fully saturated rings. The number of allylic oxidation sites excluding steroid dienone is 13. The second-order valence-electron chi connectivity index (χ2n) is 16.9. The first-order valence-electron chi connectivity index (χ1n) is 21.4. The number of nitrogens with zero attached hydrogens (tertiary/aromatic N) is 3. The highest BCUT2D eigenvalue weighted by Gasteiger charge is 2.49. The lowest BCUT2D eigenvalue weighted by molar-refractivity contribution is 0.429. The molecule has 8 aliphatic rings. The summed E-state index contributed by atoms with van der Waals surface area (Å²) in [5.41, 5.74) is 15.0. The standard InChI is InChI=1S/C53H47N5/c1-3-16-35(17-4-1)51-54-52(36-18-5-2-6-19-36)56-53(55-51)37-27-30-39(31-28-37)57-46-25-13-12-24-43(46)45-33-38-20-8-10-22-41(38)49(50(45)57)58-47-26-14-11-23-42(47)44-32-29-34-15-7-9-21-40(34)48(44)58/h1-5,7-12,14-18,21-24,26-32,38,42,45,47,51-52,54H,6,13,19-20,25,33H2,(H,55,56). The average Bonchev–Trinajstić information content (AvgIpc) is 3.82. The highest BCUT2D eigenvalue weighted by Crippen LogP contribution is 2.58. The van der Waals surface area contributed by atoms with Gasteiger partial charge in [0.1, 0.15) is 18.2 Å². The van der Waals surface area contributed by atoms with Gasteiger partial charge in [-0.1, -0.05) is 140 Å². The van der Waals surface area contributed by atoms with Crippen LogP contribution in [0.5, 0.6) is 0 Å². The van der Waals surface area contributed by atoms with Crippen molar-refractivity contribution in [1.82, 2.24) is 10.6 Å². The van der Waals surface area contributed by atoms with Crippen LogP contribution < -0.4 is 20.4 Å². The fourth-order valence-electron chi connectivity index (χ4n) is 11.0. The topological polar surface area (TPSA) is 42.9 Å². The third-order valence-electron chi connectivity index (χ3n) is 13.7. The minimum Gasteiger partial charge on any atom is -0.351 e. The molecule has 0 amide bonds. The largest absolute Gasteiger partial charge is 0.351 e. The Labute approximate surface area is 341 Å². The number of benzene rings is 4. The molecule has 5 nitrogen and oxygen atoms in total. The Balaban J connectivity index is 1.01. The van der Waals surface area contributed by atoms with Gasteiger partial charge in [0.15, 0.2) is 0 Å². The summed E-state index contributed by atoms with van der Waals surface area (Å²) in [5.74, 6) is 2.04. The molecule has 6 unspecified atom stereocenters. The van der Waals surface area contributed by atoms with Crippen LogP contribution in [0.15, 0.2) is 203 Å². The van der Waals surface area contributed by atoms with Crippen LogP contribution in [-0.4, -0.2) is 18.0 Å². The van der Waals surface area contributed by atoms with Crippen molar-refractivity contribution in [2.24, 2.45) is 16.8 Å². The van der Waals surface area contributed by atoms with Gasteiger partial charge in [0.2, 0.25) is 0 Å². The van der Waals surface area contributed by atoms with Gasteiger partial charge in [-0.2, -0.15) is 0 Å². The number of amidine groups is 1. The van der Waals surface area contributed by atoms with Gasteiger partial charge in [0, 0.05) is 34.2 Å². The second kappa shape index (κ2) is 13.7. The van der Waals surface area contributed by atoms with Gasteiger partial charge >= 0.3 is 0 Å². The predicted octanol–water partition coefficient (Wildman–Crippen LogP) is 11.3. The van der Waals surface area contributed by atoms with Crippen LogP contribution in [0.4, 0.5) is 11.4 Å². The fourth-order valence-corrected chi connectivity index (χ4v) is 11.0. The molecule has 0 spiro atoms. The van der Waals surface area contributed by atoms with Crippen LogP contribution in [0.1, 0.15) is 67.3 Å². The van der Waals surface area contributed by atoms with Crippen molar-refractivity contribution in [2.45, 2.75) is 62.8 Å². The lowest BCUT2D eigenvalue weighted by Crippen LogP contribution is -2.52. The zero-order valence-corrected chi connectivity index (χ0v) is 32.6. The van der Waals surface area contributed by atoms with Gasteiger partial charge in [-0.25, -0.2) is 4.99 Å². The molecule has 4 aromatic carbocycles. The number of hydrogen-bond donors (Lipinski definition) is 2. The zero-order valence-electron chi connectivity index (χ0n) is 32.6. The maximum Gasteiger partial charge on any atom is 0.131 e. The summed E-state index contributed by atoms with van der Waals surface area (Å²) >= 11 is 0. The molecule has 3 aliphatic heterocycles. The maximum absolute atomic E-state index is 5.30. The summed E-state index contributed by atoms with van der Waals surface area (Å²) in [4.78, 5) is 10.8. The molecule has 3 heterocycles. The molecule has 0 bridgehead atoms. The minimum atomic E-state index is -0.136. The van der Waals surface area contributed by atoms with E-state index in [2.05, 4.69) is 184 Å². The van der Waals surface area contributed by atoms with E-state index in [1.807, 2.05) is 0 Å². The number of aliphatic imine (C=N–C) groups is 1. The number of fused-ring (bicyclic) bond motifs is 8. The molecule has 6 atom stereocenters. The van der Waals surface area contributed by atoms with Crippen molar-refractivity contribution in [3.8, 4) is 0 Å². The molecule has 0 saturated carbocycles. The van der Waals surface area contributed by atoms with E-state index in [-0.39, 0.29) is 18.4 Å². The average molecular weight is 754 g/mol. The fraction of sp³-hybridized carbons (Fsp3) is 0.226. The Morgan fingerprint density at radius 1 is 0.741 bits per heavy atom. The van der Waals surface area contributed by atoms with Crippen LogP contribution in [0.25, 0.3) is 10.8 Å². The summed E-state index contributed by atoms with van der Waals surface area (Å²) in [5, 5.41) is 10.2. The highest BCUT2D eigenvalue weighted by atomic mass is 15.3. The molecule has 4 aromatic rings. The normalized spacial score (nSPS) is 27.8. The van der Waals surface area contributed by atoms with Crippen molar-refractivity contribution >= 4 is 28.0 Å². The van der Waals surface area contributed by atoms with E-state index in [9.17, 15) is 0 Å².